The van der Waals surface area contributed by atoms with Crippen molar-refractivity contribution in [2.75, 3.05) is 0 Å². The topological polar surface area (TPSA) is 38.7 Å². The van der Waals surface area contributed by atoms with Gasteiger partial charge in [0.15, 0.2) is 17.9 Å². The van der Waals surface area contributed by atoms with E-state index in [0.717, 1.165) is 5.56 Å². The summed E-state index contributed by atoms with van der Waals surface area (Å²) in [5.41, 5.74) is 1.44. The van der Waals surface area contributed by atoms with Crippen LogP contribution >= 0.6 is 12.2 Å². The van der Waals surface area contributed by atoms with Crippen LogP contribution < -0.4 is 4.74 Å². The standard InChI is InChI=1S/C16H11NO2S/c18-15-12-8-4-5-9-13(12)19-16(14(15)17-10-20)11-6-2-1-3-7-11/h1-9,14,16H. The minimum Gasteiger partial charge on any atom is -0.482 e. The monoisotopic (exact) mass is 281 g/mol. The highest BCUT2D eigenvalue weighted by Gasteiger charge is 2.37. The van der Waals surface area contributed by atoms with Crippen LogP contribution in [-0.4, -0.2) is 17.0 Å². The summed E-state index contributed by atoms with van der Waals surface area (Å²) in [4.78, 5) is 16.5. The molecule has 98 valence electrons. The number of benzene rings is 2. The van der Waals surface area contributed by atoms with E-state index in [2.05, 4.69) is 22.4 Å². The van der Waals surface area contributed by atoms with Gasteiger partial charge >= 0.3 is 0 Å². The van der Waals surface area contributed by atoms with Crippen molar-refractivity contribution in [1.82, 2.24) is 0 Å². The Morgan fingerprint density at radius 3 is 2.50 bits per heavy atom. The minimum atomic E-state index is -0.676. The number of fused-ring (bicyclic) bond motifs is 1. The number of carbonyl (C=O) groups excluding carboxylic acids is 1. The first-order chi connectivity index (χ1) is 9.81. The molecule has 0 N–H and O–H groups in total. The summed E-state index contributed by atoms with van der Waals surface area (Å²) in [5, 5.41) is 2.31. The summed E-state index contributed by atoms with van der Waals surface area (Å²) in [6, 6.07) is 16.1. The molecule has 0 aliphatic carbocycles. The van der Waals surface area contributed by atoms with Crippen molar-refractivity contribution < 1.29 is 9.53 Å². The Hall–Kier alpha value is -2.29. The maximum absolute atomic E-state index is 12.5. The number of hydrogen-bond donors (Lipinski definition) is 0. The molecule has 1 heterocycles. The van der Waals surface area contributed by atoms with Gasteiger partial charge in [-0.25, -0.2) is 4.99 Å². The highest BCUT2D eigenvalue weighted by Crippen LogP contribution is 2.36. The summed E-state index contributed by atoms with van der Waals surface area (Å²) in [5.74, 6) is 0.500. The maximum Gasteiger partial charge on any atom is 0.196 e. The smallest absolute Gasteiger partial charge is 0.196 e. The SMILES string of the molecule is O=C1c2ccccc2OC(c2ccccc2)C1N=C=S. The lowest BCUT2D eigenvalue weighted by Gasteiger charge is -2.29. The van der Waals surface area contributed by atoms with Crippen LogP contribution in [0.2, 0.25) is 0 Å². The normalized spacial score (nSPS) is 20.5. The number of carbonyl (C=O) groups is 1. The second-order valence-corrected chi connectivity index (χ2v) is 4.66. The Bertz CT molecular complexity index is 693. The van der Waals surface area contributed by atoms with Crippen molar-refractivity contribution in [3.05, 3.63) is 65.7 Å². The first kappa shape index (κ1) is 12.7. The highest BCUT2D eigenvalue weighted by molar-refractivity contribution is 7.78. The van der Waals surface area contributed by atoms with Crippen molar-refractivity contribution in [1.29, 1.82) is 0 Å². The van der Waals surface area contributed by atoms with Gasteiger partial charge in [0.1, 0.15) is 5.75 Å². The van der Waals surface area contributed by atoms with Crippen molar-refractivity contribution in [2.45, 2.75) is 12.1 Å². The Kier molecular flexibility index (Phi) is 3.42. The second kappa shape index (κ2) is 5.37. The molecular formula is C16H11NO2S. The highest BCUT2D eigenvalue weighted by atomic mass is 32.1. The van der Waals surface area contributed by atoms with Crippen LogP contribution in [0.4, 0.5) is 0 Å². The van der Waals surface area contributed by atoms with Gasteiger partial charge in [-0.2, -0.15) is 0 Å². The van der Waals surface area contributed by atoms with Gasteiger partial charge in [-0.1, -0.05) is 42.5 Å². The Morgan fingerprint density at radius 2 is 1.75 bits per heavy atom. The number of nitrogens with zero attached hydrogens (tertiary/aromatic N) is 1. The molecule has 2 aromatic carbocycles. The summed E-state index contributed by atoms with van der Waals surface area (Å²) in [7, 11) is 0. The molecule has 0 radical (unpaired) electrons. The zero-order chi connectivity index (χ0) is 13.9. The molecule has 2 atom stereocenters. The third-order valence-electron chi connectivity index (χ3n) is 3.28. The van der Waals surface area contributed by atoms with Crippen molar-refractivity contribution in [2.24, 2.45) is 4.99 Å². The van der Waals surface area contributed by atoms with Gasteiger partial charge in [-0.15, -0.1) is 0 Å². The van der Waals surface area contributed by atoms with E-state index in [0.29, 0.717) is 11.3 Å². The first-order valence-corrected chi connectivity index (χ1v) is 6.64. The maximum atomic E-state index is 12.5. The predicted molar refractivity (Wildman–Crippen MR) is 79.4 cm³/mol. The molecule has 4 heteroatoms. The van der Waals surface area contributed by atoms with Gasteiger partial charge in [0.2, 0.25) is 0 Å². The summed E-state index contributed by atoms with van der Waals surface area (Å²) < 4.78 is 5.95. The van der Waals surface area contributed by atoms with Crippen molar-refractivity contribution in [3.63, 3.8) is 0 Å². The average Bonchev–Trinajstić information content (AvgIpc) is 2.51. The third kappa shape index (κ3) is 2.16. The molecule has 0 fully saturated rings. The van der Waals surface area contributed by atoms with E-state index >= 15 is 0 Å². The van der Waals surface area contributed by atoms with E-state index in [1.807, 2.05) is 36.4 Å². The number of ketones is 1. The summed E-state index contributed by atoms with van der Waals surface area (Å²) in [6.45, 7) is 0. The quantitative estimate of drug-likeness (QED) is 0.625. The third-order valence-corrected chi connectivity index (χ3v) is 3.39. The fraction of sp³-hybridized carbons (Fsp3) is 0.125. The fourth-order valence-corrected chi connectivity index (χ4v) is 2.46. The van der Waals surface area contributed by atoms with Gasteiger partial charge in [0.05, 0.1) is 10.7 Å². The van der Waals surface area contributed by atoms with Crippen LogP contribution in [0.15, 0.2) is 59.6 Å². The molecule has 0 amide bonds. The molecule has 3 rings (SSSR count). The lowest BCUT2D eigenvalue weighted by atomic mass is 9.92. The zero-order valence-corrected chi connectivity index (χ0v) is 11.3. The second-order valence-electron chi connectivity index (χ2n) is 4.47. The molecule has 3 nitrogen and oxygen atoms in total. The molecule has 2 unspecified atom stereocenters. The van der Waals surface area contributed by atoms with Gasteiger partial charge in [0.25, 0.3) is 0 Å². The van der Waals surface area contributed by atoms with Crippen LogP contribution in [0.1, 0.15) is 22.0 Å². The van der Waals surface area contributed by atoms with Crippen LogP contribution in [-0.2, 0) is 0 Å². The van der Waals surface area contributed by atoms with Crippen LogP contribution in [0.25, 0.3) is 0 Å². The van der Waals surface area contributed by atoms with Gasteiger partial charge in [0, 0.05) is 0 Å². The van der Waals surface area contributed by atoms with E-state index in [4.69, 9.17) is 4.74 Å². The van der Waals surface area contributed by atoms with Crippen LogP contribution in [0, 0.1) is 0 Å². The summed E-state index contributed by atoms with van der Waals surface area (Å²) in [6.07, 6.45) is -0.464. The predicted octanol–water partition coefficient (Wildman–Crippen LogP) is 3.47. The van der Waals surface area contributed by atoms with Crippen molar-refractivity contribution in [3.8, 4) is 5.75 Å². The largest absolute Gasteiger partial charge is 0.482 e. The molecule has 0 saturated carbocycles. The molecule has 20 heavy (non-hydrogen) atoms. The number of aliphatic imine (C=N–C) groups is 1. The first-order valence-electron chi connectivity index (χ1n) is 6.23. The Balaban J connectivity index is 2.10. The van der Waals surface area contributed by atoms with E-state index in [1.54, 1.807) is 18.2 Å². The van der Waals surface area contributed by atoms with E-state index < -0.39 is 12.1 Å². The lowest BCUT2D eigenvalue weighted by molar-refractivity contribution is 0.0793. The molecule has 1 aliphatic rings. The Morgan fingerprint density at radius 1 is 1.05 bits per heavy atom. The molecule has 1 aliphatic heterocycles. The number of rotatable bonds is 2. The van der Waals surface area contributed by atoms with E-state index in [-0.39, 0.29) is 5.78 Å². The molecule has 2 aromatic rings. The number of para-hydroxylation sites is 1. The number of isothiocyanates is 1. The van der Waals surface area contributed by atoms with E-state index in [9.17, 15) is 4.79 Å². The minimum absolute atomic E-state index is 0.0851. The number of hydrogen-bond acceptors (Lipinski definition) is 4. The van der Waals surface area contributed by atoms with Gasteiger partial charge in [-0.05, 0) is 29.9 Å². The molecule has 0 saturated heterocycles. The fourth-order valence-electron chi connectivity index (χ4n) is 2.35. The molecule has 0 spiro atoms. The number of ether oxygens (including phenoxy) is 1. The zero-order valence-electron chi connectivity index (χ0n) is 10.5. The van der Waals surface area contributed by atoms with Crippen LogP contribution in [0.5, 0.6) is 5.75 Å². The van der Waals surface area contributed by atoms with Crippen molar-refractivity contribution >= 4 is 23.2 Å². The molecular weight excluding hydrogens is 270 g/mol. The average molecular weight is 281 g/mol. The molecule has 0 bridgehead atoms. The number of Topliss-reactive ketones (excluding diaryl/α,β-unsaturated/α-hetero) is 1. The van der Waals surface area contributed by atoms with Gasteiger partial charge < -0.3 is 4.74 Å². The molecule has 0 aromatic heterocycles. The van der Waals surface area contributed by atoms with Gasteiger partial charge in [-0.3, -0.25) is 4.79 Å². The lowest BCUT2D eigenvalue weighted by Crippen LogP contribution is -2.34. The van der Waals surface area contributed by atoms with E-state index in [1.165, 1.54) is 0 Å². The Labute approximate surface area is 121 Å². The van der Waals surface area contributed by atoms with Crippen LogP contribution in [0.3, 0.4) is 0 Å². The number of thiocarbonyl (C=S) groups is 1. The summed E-state index contributed by atoms with van der Waals surface area (Å²) >= 11 is 4.66.